The van der Waals surface area contributed by atoms with Crippen LogP contribution in [0.25, 0.3) is 10.8 Å². The number of Topliss-reactive ketones (excluding diaryl/α,β-unsaturated/α-hetero) is 1. The number of fused-ring (bicyclic) bond motifs is 1. The number of nitrogens with zero attached hydrogens (tertiary/aromatic N) is 1. The van der Waals surface area contributed by atoms with Crippen molar-refractivity contribution >= 4 is 16.6 Å². The molecular weight excluding hydrogens is 250 g/mol. The van der Waals surface area contributed by atoms with E-state index in [1.54, 1.807) is 6.92 Å². The Bertz CT molecular complexity index is 605. The minimum absolute atomic E-state index is 0.0402. The lowest BCUT2D eigenvalue weighted by Gasteiger charge is -2.14. The maximum atomic E-state index is 11.8. The third-order valence-corrected chi connectivity index (χ3v) is 3.25. The zero-order valence-corrected chi connectivity index (χ0v) is 12.3. The lowest BCUT2D eigenvalue weighted by Crippen LogP contribution is -2.16. The summed E-state index contributed by atoms with van der Waals surface area (Å²) in [4.78, 5) is 13.9. The second kappa shape index (κ2) is 6.53. The zero-order valence-electron chi connectivity index (χ0n) is 12.3. The highest BCUT2D eigenvalue weighted by molar-refractivity contribution is 6.03. The summed E-state index contributed by atoms with van der Waals surface area (Å²) < 4.78 is 5.91. The molecule has 3 heteroatoms. The molecule has 106 valence electrons. The van der Waals surface area contributed by atoms with Gasteiger partial charge < -0.3 is 9.64 Å². The summed E-state index contributed by atoms with van der Waals surface area (Å²) in [6.45, 7) is 3.17. The summed E-state index contributed by atoms with van der Waals surface area (Å²) in [7, 11) is 4.08. The van der Waals surface area contributed by atoms with Gasteiger partial charge in [-0.05, 0) is 38.9 Å². The van der Waals surface area contributed by atoms with Gasteiger partial charge in [-0.15, -0.1) is 0 Å². The van der Waals surface area contributed by atoms with Gasteiger partial charge in [-0.3, -0.25) is 4.79 Å². The van der Waals surface area contributed by atoms with Crippen molar-refractivity contribution in [3.8, 4) is 5.75 Å². The van der Waals surface area contributed by atoms with E-state index < -0.39 is 0 Å². The molecule has 3 nitrogen and oxygen atoms in total. The SMILES string of the molecule is CC(=O)c1ccc2ccccc2c1OCCCN(C)C. The monoisotopic (exact) mass is 271 g/mol. The Kier molecular flexibility index (Phi) is 4.74. The normalized spacial score (nSPS) is 11.0. The molecule has 0 aromatic heterocycles. The van der Waals surface area contributed by atoms with Gasteiger partial charge in [-0.25, -0.2) is 0 Å². The van der Waals surface area contributed by atoms with Crippen LogP contribution in [0.15, 0.2) is 36.4 Å². The van der Waals surface area contributed by atoms with Crippen LogP contribution in [0, 0.1) is 0 Å². The third kappa shape index (κ3) is 3.36. The quantitative estimate of drug-likeness (QED) is 0.596. The van der Waals surface area contributed by atoms with E-state index in [9.17, 15) is 4.79 Å². The molecule has 2 rings (SSSR count). The fourth-order valence-corrected chi connectivity index (χ4v) is 2.23. The Morgan fingerprint density at radius 1 is 1.15 bits per heavy atom. The van der Waals surface area contributed by atoms with E-state index in [0.717, 1.165) is 23.7 Å². The van der Waals surface area contributed by atoms with Gasteiger partial charge in [-0.1, -0.05) is 30.3 Å². The van der Waals surface area contributed by atoms with Gasteiger partial charge in [0.15, 0.2) is 5.78 Å². The first-order valence-electron chi connectivity index (χ1n) is 6.90. The fourth-order valence-electron chi connectivity index (χ4n) is 2.23. The molecule has 0 amide bonds. The number of hydrogen-bond acceptors (Lipinski definition) is 3. The van der Waals surface area contributed by atoms with Crippen molar-refractivity contribution < 1.29 is 9.53 Å². The molecule has 0 N–H and O–H groups in total. The zero-order chi connectivity index (χ0) is 14.5. The Morgan fingerprint density at radius 3 is 2.60 bits per heavy atom. The van der Waals surface area contributed by atoms with Gasteiger partial charge in [0, 0.05) is 11.9 Å². The van der Waals surface area contributed by atoms with E-state index in [2.05, 4.69) is 4.90 Å². The van der Waals surface area contributed by atoms with E-state index in [1.807, 2.05) is 50.5 Å². The van der Waals surface area contributed by atoms with Crippen LogP contribution in [0.5, 0.6) is 5.75 Å². The number of ketones is 1. The van der Waals surface area contributed by atoms with Crippen molar-refractivity contribution in [2.45, 2.75) is 13.3 Å². The molecule has 0 bridgehead atoms. The Hall–Kier alpha value is -1.87. The number of carbonyl (C=O) groups is 1. The standard InChI is InChI=1S/C17H21NO2/c1-13(19)15-10-9-14-7-4-5-8-16(14)17(15)20-12-6-11-18(2)3/h4-5,7-10H,6,11-12H2,1-3H3. The second-order valence-corrected chi connectivity index (χ2v) is 5.22. The van der Waals surface area contributed by atoms with Crippen molar-refractivity contribution in [2.24, 2.45) is 0 Å². The maximum absolute atomic E-state index is 11.8. The van der Waals surface area contributed by atoms with E-state index in [0.29, 0.717) is 17.9 Å². The second-order valence-electron chi connectivity index (χ2n) is 5.22. The minimum Gasteiger partial charge on any atom is -0.492 e. The first kappa shape index (κ1) is 14.5. The molecule has 0 unspecified atom stereocenters. The third-order valence-electron chi connectivity index (χ3n) is 3.25. The summed E-state index contributed by atoms with van der Waals surface area (Å²) in [6.07, 6.45) is 0.938. The van der Waals surface area contributed by atoms with Crippen LogP contribution in [0.1, 0.15) is 23.7 Å². The van der Waals surface area contributed by atoms with Crippen molar-refractivity contribution in [1.29, 1.82) is 0 Å². The van der Waals surface area contributed by atoms with Crippen molar-refractivity contribution in [1.82, 2.24) is 4.90 Å². The minimum atomic E-state index is 0.0402. The van der Waals surface area contributed by atoms with Crippen LogP contribution in [-0.4, -0.2) is 37.9 Å². The molecule has 0 heterocycles. The van der Waals surface area contributed by atoms with Crippen LogP contribution in [0.4, 0.5) is 0 Å². The number of hydrogen-bond donors (Lipinski definition) is 0. The summed E-state index contributed by atoms with van der Waals surface area (Å²) >= 11 is 0. The molecule has 20 heavy (non-hydrogen) atoms. The van der Waals surface area contributed by atoms with E-state index in [4.69, 9.17) is 4.74 Å². The largest absolute Gasteiger partial charge is 0.492 e. The van der Waals surface area contributed by atoms with Crippen molar-refractivity contribution in [3.05, 3.63) is 42.0 Å². The molecule has 0 saturated carbocycles. The highest BCUT2D eigenvalue weighted by Gasteiger charge is 2.12. The van der Waals surface area contributed by atoms with Crippen LogP contribution >= 0.6 is 0 Å². The van der Waals surface area contributed by atoms with Crippen LogP contribution in [-0.2, 0) is 0 Å². The van der Waals surface area contributed by atoms with E-state index >= 15 is 0 Å². The smallest absolute Gasteiger partial charge is 0.163 e. The fraction of sp³-hybridized carbons (Fsp3) is 0.353. The number of benzene rings is 2. The maximum Gasteiger partial charge on any atom is 0.163 e. The van der Waals surface area contributed by atoms with Gasteiger partial charge in [0.2, 0.25) is 0 Å². The molecule has 0 fully saturated rings. The highest BCUT2D eigenvalue weighted by Crippen LogP contribution is 2.30. The first-order chi connectivity index (χ1) is 9.59. The lowest BCUT2D eigenvalue weighted by atomic mass is 10.0. The van der Waals surface area contributed by atoms with Gasteiger partial charge in [0.25, 0.3) is 0 Å². The van der Waals surface area contributed by atoms with Gasteiger partial charge in [-0.2, -0.15) is 0 Å². The molecule has 2 aromatic rings. The Morgan fingerprint density at radius 2 is 1.90 bits per heavy atom. The average molecular weight is 271 g/mol. The molecule has 0 aliphatic heterocycles. The Labute approximate surface area is 120 Å². The predicted molar refractivity (Wildman–Crippen MR) is 82.6 cm³/mol. The number of carbonyl (C=O) groups excluding carboxylic acids is 1. The molecule has 0 aliphatic rings. The molecule has 0 atom stereocenters. The lowest BCUT2D eigenvalue weighted by molar-refractivity contribution is 0.101. The van der Waals surface area contributed by atoms with Crippen LogP contribution in [0.2, 0.25) is 0 Å². The summed E-state index contributed by atoms with van der Waals surface area (Å²) in [5.74, 6) is 0.757. The van der Waals surface area contributed by atoms with Crippen LogP contribution in [0.3, 0.4) is 0 Å². The van der Waals surface area contributed by atoms with Crippen molar-refractivity contribution in [2.75, 3.05) is 27.2 Å². The summed E-state index contributed by atoms with van der Waals surface area (Å²) in [5, 5.41) is 2.10. The van der Waals surface area contributed by atoms with Gasteiger partial charge >= 0.3 is 0 Å². The first-order valence-corrected chi connectivity index (χ1v) is 6.90. The summed E-state index contributed by atoms with van der Waals surface area (Å²) in [5.41, 5.74) is 0.661. The molecule has 0 spiro atoms. The number of rotatable bonds is 6. The molecule has 0 saturated heterocycles. The molecule has 2 aromatic carbocycles. The average Bonchev–Trinajstić information content (AvgIpc) is 2.42. The molecule has 0 radical (unpaired) electrons. The van der Waals surface area contributed by atoms with E-state index in [1.165, 1.54) is 0 Å². The predicted octanol–water partition coefficient (Wildman–Crippen LogP) is 3.37. The molecule has 0 aliphatic carbocycles. The molecular formula is C17H21NO2. The van der Waals surface area contributed by atoms with Crippen molar-refractivity contribution in [3.63, 3.8) is 0 Å². The van der Waals surface area contributed by atoms with Crippen LogP contribution < -0.4 is 4.74 Å². The topological polar surface area (TPSA) is 29.5 Å². The van der Waals surface area contributed by atoms with Gasteiger partial charge in [0.05, 0.1) is 12.2 Å². The highest BCUT2D eigenvalue weighted by atomic mass is 16.5. The summed E-state index contributed by atoms with van der Waals surface area (Å²) in [6, 6.07) is 11.8. The number of ether oxygens (including phenoxy) is 1. The Balaban J connectivity index is 2.28. The van der Waals surface area contributed by atoms with Gasteiger partial charge in [0.1, 0.15) is 5.75 Å². The van der Waals surface area contributed by atoms with E-state index in [-0.39, 0.29) is 5.78 Å².